The molecule has 1 aliphatic heterocycles. The van der Waals surface area contributed by atoms with Crippen molar-refractivity contribution in [3.63, 3.8) is 0 Å². The Hall–Kier alpha value is -0.580. The van der Waals surface area contributed by atoms with Crippen LogP contribution >= 0.6 is 22.6 Å². The van der Waals surface area contributed by atoms with Gasteiger partial charge >= 0.3 is 5.97 Å². The Morgan fingerprint density at radius 2 is 1.94 bits per heavy atom. The van der Waals surface area contributed by atoms with Gasteiger partial charge in [0.15, 0.2) is 0 Å². The lowest BCUT2D eigenvalue weighted by atomic mass is 9.82. The maximum absolute atomic E-state index is 12.1. The Kier molecular flexibility index (Phi) is 3.11. The van der Waals surface area contributed by atoms with Gasteiger partial charge in [-0.3, -0.25) is 0 Å². The van der Waals surface area contributed by atoms with Gasteiger partial charge < -0.3 is 4.74 Å². The minimum Gasteiger partial charge on any atom is -0.458 e. The van der Waals surface area contributed by atoms with Gasteiger partial charge in [0, 0.05) is 9.84 Å². The zero-order valence-electron chi connectivity index (χ0n) is 9.56. The Morgan fingerprint density at radius 1 is 1.18 bits per heavy atom. The van der Waals surface area contributed by atoms with E-state index in [9.17, 15) is 4.79 Å². The second kappa shape index (κ2) is 4.59. The van der Waals surface area contributed by atoms with Crippen molar-refractivity contribution < 1.29 is 9.53 Å². The standard InChI is InChI=1S/C14H15IO2/c15-13-9-5-1-2-6-10(9)14(16)17-12-8-4-3-7-11(12)13/h1-2,5-6,11-13H,3-4,7-8H2. The summed E-state index contributed by atoms with van der Waals surface area (Å²) in [5, 5.41) is 0. The maximum Gasteiger partial charge on any atom is 0.338 e. The molecule has 2 nitrogen and oxygen atoms in total. The monoisotopic (exact) mass is 342 g/mol. The molecule has 1 aromatic carbocycles. The van der Waals surface area contributed by atoms with Crippen LogP contribution in [0.4, 0.5) is 0 Å². The molecule has 1 aromatic rings. The molecule has 0 spiro atoms. The number of rotatable bonds is 0. The predicted molar refractivity (Wildman–Crippen MR) is 74.4 cm³/mol. The lowest BCUT2D eigenvalue weighted by Crippen LogP contribution is -2.29. The van der Waals surface area contributed by atoms with Gasteiger partial charge in [0.25, 0.3) is 0 Å². The minimum absolute atomic E-state index is 0.128. The Labute approximate surface area is 115 Å². The number of carbonyl (C=O) groups is 1. The zero-order valence-corrected chi connectivity index (χ0v) is 11.7. The Balaban J connectivity index is 2.05. The van der Waals surface area contributed by atoms with Crippen molar-refractivity contribution in [3.05, 3.63) is 35.4 Å². The molecular weight excluding hydrogens is 327 g/mol. The van der Waals surface area contributed by atoms with Gasteiger partial charge in [-0.2, -0.15) is 0 Å². The van der Waals surface area contributed by atoms with E-state index >= 15 is 0 Å². The molecule has 1 saturated carbocycles. The Bertz CT molecular complexity index is 444. The molecule has 1 aliphatic carbocycles. The number of hydrogen-bond donors (Lipinski definition) is 0. The molecule has 3 unspecified atom stereocenters. The molecule has 1 fully saturated rings. The van der Waals surface area contributed by atoms with Crippen LogP contribution in [0.3, 0.4) is 0 Å². The van der Waals surface area contributed by atoms with E-state index in [4.69, 9.17) is 4.74 Å². The highest BCUT2D eigenvalue weighted by Crippen LogP contribution is 2.45. The quantitative estimate of drug-likeness (QED) is 0.406. The van der Waals surface area contributed by atoms with Crippen molar-refractivity contribution in [2.24, 2.45) is 5.92 Å². The average Bonchev–Trinajstić information content (AvgIpc) is 2.48. The number of esters is 1. The van der Waals surface area contributed by atoms with Crippen LogP contribution in [0, 0.1) is 5.92 Å². The number of ether oxygens (including phenoxy) is 1. The second-order valence-electron chi connectivity index (χ2n) is 4.88. The third kappa shape index (κ3) is 1.98. The highest BCUT2D eigenvalue weighted by Gasteiger charge is 2.38. The first-order chi connectivity index (χ1) is 8.27. The summed E-state index contributed by atoms with van der Waals surface area (Å²) in [6.45, 7) is 0. The SMILES string of the molecule is O=C1OC2CCCCC2C(I)c2ccccc21. The van der Waals surface area contributed by atoms with Crippen LogP contribution in [0.5, 0.6) is 0 Å². The van der Waals surface area contributed by atoms with Crippen molar-refractivity contribution >= 4 is 28.6 Å². The summed E-state index contributed by atoms with van der Waals surface area (Å²) < 4.78 is 6.07. The van der Waals surface area contributed by atoms with Crippen LogP contribution in [0.1, 0.15) is 45.5 Å². The number of benzene rings is 1. The summed E-state index contributed by atoms with van der Waals surface area (Å²) in [5.74, 6) is 0.369. The molecule has 3 heteroatoms. The van der Waals surface area contributed by atoms with Crippen molar-refractivity contribution in [2.75, 3.05) is 0 Å². The Morgan fingerprint density at radius 3 is 2.82 bits per heavy atom. The molecule has 1 heterocycles. The highest BCUT2D eigenvalue weighted by molar-refractivity contribution is 14.1. The first kappa shape index (κ1) is 11.5. The molecule has 17 heavy (non-hydrogen) atoms. The summed E-state index contributed by atoms with van der Waals surface area (Å²) in [6, 6.07) is 7.89. The van der Waals surface area contributed by atoms with Crippen LogP contribution in [-0.4, -0.2) is 12.1 Å². The normalized spacial score (nSPS) is 32.1. The van der Waals surface area contributed by atoms with Crippen LogP contribution in [-0.2, 0) is 4.74 Å². The molecule has 0 bridgehead atoms. The summed E-state index contributed by atoms with van der Waals surface area (Å²) in [6.07, 6.45) is 4.80. The summed E-state index contributed by atoms with van der Waals surface area (Å²) in [4.78, 5) is 12.1. The molecule has 90 valence electrons. The fraction of sp³-hybridized carbons (Fsp3) is 0.500. The van der Waals surface area contributed by atoms with Gasteiger partial charge in [0.05, 0.1) is 5.56 Å². The minimum atomic E-state index is -0.128. The van der Waals surface area contributed by atoms with E-state index in [-0.39, 0.29) is 12.1 Å². The topological polar surface area (TPSA) is 26.3 Å². The van der Waals surface area contributed by atoms with Crippen molar-refractivity contribution in [3.8, 4) is 0 Å². The zero-order chi connectivity index (χ0) is 11.8. The smallest absolute Gasteiger partial charge is 0.338 e. The van der Waals surface area contributed by atoms with Crippen molar-refractivity contribution in [1.82, 2.24) is 0 Å². The molecular formula is C14H15IO2. The molecule has 0 radical (unpaired) electrons. The van der Waals surface area contributed by atoms with Gasteiger partial charge in [-0.05, 0) is 30.9 Å². The molecule has 3 rings (SSSR count). The first-order valence-corrected chi connectivity index (χ1v) is 7.46. The number of hydrogen-bond acceptors (Lipinski definition) is 2. The number of halogens is 1. The lowest BCUT2D eigenvalue weighted by Gasteiger charge is -2.31. The molecule has 0 N–H and O–H groups in total. The third-order valence-corrected chi connectivity index (χ3v) is 5.46. The highest BCUT2D eigenvalue weighted by atomic mass is 127. The van der Waals surface area contributed by atoms with E-state index in [0.717, 1.165) is 17.5 Å². The average molecular weight is 342 g/mol. The lowest BCUT2D eigenvalue weighted by molar-refractivity contribution is 0.00526. The number of fused-ring (bicyclic) bond motifs is 2. The van der Waals surface area contributed by atoms with Crippen molar-refractivity contribution in [2.45, 2.75) is 35.7 Å². The van der Waals surface area contributed by atoms with E-state index in [2.05, 4.69) is 28.7 Å². The predicted octanol–water partition coefficient (Wildman–Crippen LogP) is 3.89. The van der Waals surface area contributed by atoms with Gasteiger partial charge in [-0.1, -0.05) is 47.2 Å². The molecule has 0 amide bonds. The van der Waals surface area contributed by atoms with Crippen LogP contribution < -0.4 is 0 Å². The summed E-state index contributed by atoms with van der Waals surface area (Å²) in [7, 11) is 0. The van der Waals surface area contributed by atoms with Crippen LogP contribution in [0.2, 0.25) is 0 Å². The molecule has 0 aromatic heterocycles. The third-order valence-electron chi connectivity index (χ3n) is 3.87. The summed E-state index contributed by atoms with van der Waals surface area (Å²) >= 11 is 2.49. The second-order valence-corrected chi connectivity index (χ2v) is 6.22. The van der Waals surface area contributed by atoms with E-state index in [0.29, 0.717) is 9.84 Å². The first-order valence-electron chi connectivity index (χ1n) is 6.21. The fourth-order valence-electron chi connectivity index (χ4n) is 2.96. The van der Waals surface area contributed by atoms with Gasteiger partial charge in [0.1, 0.15) is 6.10 Å². The van der Waals surface area contributed by atoms with Crippen LogP contribution in [0.15, 0.2) is 24.3 Å². The van der Waals surface area contributed by atoms with E-state index in [1.807, 2.05) is 18.2 Å². The van der Waals surface area contributed by atoms with E-state index < -0.39 is 0 Å². The van der Waals surface area contributed by atoms with Gasteiger partial charge in [-0.15, -0.1) is 0 Å². The molecule has 0 saturated heterocycles. The van der Waals surface area contributed by atoms with Gasteiger partial charge in [0.2, 0.25) is 0 Å². The number of carbonyl (C=O) groups excluding carboxylic acids is 1. The van der Waals surface area contributed by atoms with Crippen molar-refractivity contribution in [1.29, 1.82) is 0 Å². The molecule has 3 atom stereocenters. The van der Waals surface area contributed by atoms with E-state index in [1.165, 1.54) is 19.3 Å². The van der Waals surface area contributed by atoms with E-state index in [1.54, 1.807) is 0 Å². The fourth-order valence-corrected chi connectivity index (χ4v) is 4.33. The molecule has 2 aliphatic rings. The largest absolute Gasteiger partial charge is 0.458 e. The van der Waals surface area contributed by atoms with Crippen LogP contribution in [0.25, 0.3) is 0 Å². The summed E-state index contributed by atoms with van der Waals surface area (Å²) in [5.41, 5.74) is 1.92. The van der Waals surface area contributed by atoms with Gasteiger partial charge in [-0.25, -0.2) is 4.79 Å². The number of alkyl halides is 1. The maximum atomic E-state index is 12.1.